The topological polar surface area (TPSA) is 3.24 Å². The van der Waals surface area contributed by atoms with Gasteiger partial charge in [-0.05, 0) is 104 Å². The Morgan fingerprint density at radius 1 is 0.340 bits per heavy atom. The summed E-state index contributed by atoms with van der Waals surface area (Å²) in [5, 5.41) is 5.12. The first kappa shape index (κ1) is 27.8. The molecular formula is C44H29NS2. The van der Waals surface area contributed by atoms with Crippen LogP contribution in [0.3, 0.4) is 0 Å². The van der Waals surface area contributed by atoms with Gasteiger partial charge in [-0.3, -0.25) is 0 Å². The Morgan fingerprint density at radius 2 is 0.766 bits per heavy atom. The summed E-state index contributed by atoms with van der Waals surface area (Å²) in [4.78, 5) is 4.93. The van der Waals surface area contributed by atoms with Crippen LogP contribution in [0.15, 0.2) is 176 Å². The number of benzene rings is 7. The Hall–Kier alpha value is -5.48. The second-order valence-electron chi connectivity index (χ2n) is 11.8. The molecule has 3 heteroatoms. The highest BCUT2D eigenvalue weighted by Gasteiger charge is 2.15. The molecule has 222 valence electrons. The van der Waals surface area contributed by atoms with Gasteiger partial charge in [0.25, 0.3) is 0 Å². The monoisotopic (exact) mass is 635 g/mol. The molecule has 2 aromatic heterocycles. The van der Waals surface area contributed by atoms with E-state index in [1.807, 2.05) is 22.7 Å². The van der Waals surface area contributed by atoms with Crippen LogP contribution >= 0.6 is 22.7 Å². The smallest absolute Gasteiger partial charge is 0.0462 e. The predicted molar refractivity (Wildman–Crippen MR) is 206 cm³/mol. The maximum Gasteiger partial charge on any atom is 0.0462 e. The van der Waals surface area contributed by atoms with Crippen molar-refractivity contribution in [1.29, 1.82) is 0 Å². The maximum absolute atomic E-state index is 2.36. The largest absolute Gasteiger partial charge is 0.311 e. The van der Waals surface area contributed by atoms with Crippen molar-refractivity contribution in [2.24, 2.45) is 0 Å². The van der Waals surface area contributed by atoms with E-state index in [0.29, 0.717) is 0 Å². The first-order valence-corrected chi connectivity index (χ1v) is 17.5. The lowest BCUT2D eigenvalue weighted by Crippen LogP contribution is -2.09. The minimum absolute atomic E-state index is 1.12. The van der Waals surface area contributed by atoms with E-state index in [0.717, 1.165) is 17.1 Å². The SMILES string of the molecule is c1ccc2sc(-c3ccc(N(c4ccc(-c5cc6ccccc6s5)cc4)c4ccc(-c5cccc6ccccc56)cc4)cc3)cc2c1. The summed E-state index contributed by atoms with van der Waals surface area (Å²) in [6.07, 6.45) is 0. The number of fused-ring (bicyclic) bond motifs is 3. The Balaban J connectivity index is 1.10. The summed E-state index contributed by atoms with van der Waals surface area (Å²) in [6.45, 7) is 0. The van der Waals surface area contributed by atoms with E-state index in [4.69, 9.17) is 0 Å². The van der Waals surface area contributed by atoms with Crippen LogP contribution in [0.4, 0.5) is 17.1 Å². The van der Waals surface area contributed by atoms with Crippen LogP contribution in [0.25, 0.3) is 63.0 Å². The molecule has 47 heavy (non-hydrogen) atoms. The van der Waals surface area contributed by atoms with Gasteiger partial charge in [0.05, 0.1) is 0 Å². The van der Waals surface area contributed by atoms with Gasteiger partial charge in [0, 0.05) is 36.2 Å². The molecular weight excluding hydrogens is 607 g/mol. The first-order chi connectivity index (χ1) is 23.3. The molecule has 9 aromatic rings. The number of anilines is 3. The van der Waals surface area contributed by atoms with Gasteiger partial charge < -0.3 is 4.90 Å². The van der Waals surface area contributed by atoms with Gasteiger partial charge in [-0.1, -0.05) is 115 Å². The molecule has 0 atom stereocenters. The summed E-state index contributed by atoms with van der Waals surface area (Å²) in [6, 6.07) is 64.0. The van der Waals surface area contributed by atoms with Crippen LogP contribution in [0.5, 0.6) is 0 Å². The van der Waals surface area contributed by atoms with E-state index in [1.54, 1.807) is 0 Å². The molecule has 0 spiro atoms. The highest BCUT2D eigenvalue weighted by Crippen LogP contribution is 2.41. The third-order valence-electron chi connectivity index (χ3n) is 8.90. The molecule has 0 unspecified atom stereocenters. The van der Waals surface area contributed by atoms with Crippen LogP contribution in [0.2, 0.25) is 0 Å². The van der Waals surface area contributed by atoms with Crippen molar-refractivity contribution in [3.05, 3.63) is 176 Å². The fourth-order valence-corrected chi connectivity index (χ4v) is 8.65. The van der Waals surface area contributed by atoms with Crippen molar-refractivity contribution >= 4 is 70.7 Å². The molecule has 7 aromatic carbocycles. The number of thiophene rings is 2. The zero-order chi connectivity index (χ0) is 31.2. The average molecular weight is 636 g/mol. The molecule has 0 bridgehead atoms. The number of hydrogen-bond donors (Lipinski definition) is 0. The van der Waals surface area contributed by atoms with E-state index in [1.165, 1.54) is 63.0 Å². The van der Waals surface area contributed by atoms with Crippen LogP contribution < -0.4 is 4.90 Å². The van der Waals surface area contributed by atoms with Crippen LogP contribution in [0, 0.1) is 0 Å². The number of rotatable bonds is 6. The molecule has 0 saturated carbocycles. The summed E-state index contributed by atoms with van der Waals surface area (Å²) in [7, 11) is 0. The minimum Gasteiger partial charge on any atom is -0.311 e. The molecule has 0 aliphatic heterocycles. The van der Waals surface area contributed by atoms with Gasteiger partial charge in [-0.2, -0.15) is 0 Å². The van der Waals surface area contributed by atoms with E-state index in [-0.39, 0.29) is 0 Å². The molecule has 0 saturated heterocycles. The molecule has 0 N–H and O–H groups in total. The molecule has 0 radical (unpaired) electrons. The zero-order valence-electron chi connectivity index (χ0n) is 25.5. The Bertz CT molecular complexity index is 2310. The van der Waals surface area contributed by atoms with E-state index in [2.05, 4.69) is 181 Å². The Morgan fingerprint density at radius 3 is 1.28 bits per heavy atom. The minimum atomic E-state index is 1.12. The van der Waals surface area contributed by atoms with Gasteiger partial charge in [-0.25, -0.2) is 0 Å². The Kier molecular flexibility index (Phi) is 6.93. The first-order valence-electron chi connectivity index (χ1n) is 15.8. The van der Waals surface area contributed by atoms with Crippen molar-refractivity contribution in [1.82, 2.24) is 0 Å². The molecule has 1 nitrogen and oxygen atoms in total. The quantitative estimate of drug-likeness (QED) is 0.176. The number of hydrogen-bond acceptors (Lipinski definition) is 3. The van der Waals surface area contributed by atoms with Crippen molar-refractivity contribution in [2.75, 3.05) is 4.90 Å². The predicted octanol–water partition coefficient (Wildman–Crippen LogP) is 13.7. The van der Waals surface area contributed by atoms with Crippen molar-refractivity contribution in [2.45, 2.75) is 0 Å². The molecule has 0 aliphatic carbocycles. The summed E-state index contributed by atoms with van der Waals surface area (Å²) in [5.41, 5.74) is 8.32. The van der Waals surface area contributed by atoms with Gasteiger partial charge >= 0.3 is 0 Å². The molecule has 9 rings (SSSR count). The molecule has 0 amide bonds. The molecule has 0 aliphatic rings. The summed E-state index contributed by atoms with van der Waals surface area (Å²) in [5.74, 6) is 0. The second-order valence-corrected chi connectivity index (χ2v) is 14.0. The third kappa shape index (κ3) is 5.20. The third-order valence-corrected chi connectivity index (χ3v) is 11.2. The fourth-order valence-electron chi connectivity index (χ4n) is 6.51. The van der Waals surface area contributed by atoms with Gasteiger partial charge in [0.1, 0.15) is 0 Å². The van der Waals surface area contributed by atoms with Crippen LogP contribution in [-0.2, 0) is 0 Å². The lowest BCUT2D eigenvalue weighted by molar-refractivity contribution is 1.28. The van der Waals surface area contributed by atoms with E-state index < -0.39 is 0 Å². The summed E-state index contributed by atoms with van der Waals surface area (Å²) >= 11 is 3.69. The maximum atomic E-state index is 2.36. The second kappa shape index (κ2) is 11.7. The van der Waals surface area contributed by atoms with Gasteiger partial charge in [-0.15, -0.1) is 22.7 Å². The average Bonchev–Trinajstić information content (AvgIpc) is 3.78. The highest BCUT2D eigenvalue weighted by atomic mass is 32.1. The fraction of sp³-hybridized carbons (Fsp3) is 0. The lowest BCUT2D eigenvalue weighted by atomic mass is 9.98. The lowest BCUT2D eigenvalue weighted by Gasteiger charge is -2.26. The zero-order valence-corrected chi connectivity index (χ0v) is 27.1. The normalized spacial score (nSPS) is 11.4. The van der Waals surface area contributed by atoms with E-state index >= 15 is 0 Å². The van der Waals surface area contributed by atoms with Crippen LogP contribution in [-0.4, -0.2) is 0 Å². The Labute approximate surface area is 282 Å². The summed E-state index contributed by atoms with van der Waals surface area (Å²) < 4.78 is 2.64. The van der Waals surface area contributed by atoms with E-state index in [9.17, 15) is 0 Å². The number of nitrogens with zero attached hydrogens (tertiary/aromatic N) is 1. The van der Waals surface area contributed by atoms with Crippen molar-refractivity contribution < 1.29 is 0 Å². The molecule has 0 fully saturated rings. The van der Waals surface area contributed by atoms with Crippen LogP contribution in [0.1, 0.15) is 0 Å². The van der Waals surface area contributed by atoms with Crippen molar-refractivity contribution in [3.8, 4) is 32.0 Å². The van der Waals surface area contributed by atoms with Gasteiger partial charge in [0.15, 0.2) is 0 Å². The van der Waals surface area contributed by atoms with Crippen molar-refractivity contribution in [3.63, 3.8) is 0 Å². The molecule has 2 heterocycles. The standard InChI is InChI=1S/C44H29NS2/c1-4-12-39-30(8-1)11-7-13-40(39)31-16-22-36(23-17-31)45(37-24-18-32(19-25-37)43-28-34-9-2-5-14-41(34)46-43)38-26-20-33(21-27-38)44-29-35-10-3-6-15-42(35)47-44/h1-29H. The van der Waals surface area contributed by atoms with Gasteiger partial charge in [0.2, 0.25) is 0 Å². The highest BCUT2D eigenvalue weighted by molar-refractivity contribution is 7.22.